The molecule has 2 aromatic rings. The van der Waals surface area contributed by atoms with Gasteiger partial charge in [0.15, 0.2) is 0 Å². The number of amides is 2. The number of hydrogen-bond acceptors (Lipinski definition) is 3. The van der Waals surface area contributed by atoms with Gasteiger partial charge in [-0.1, -0.05) is 31.2 Å². The lowest BCUT2D eigenvalue weighted by atomic mass is 10.0. The number of urea groups is 1. The first-order valence-electron chi connectivity index (χ1n) is 8.15. The minimum Gasteiger partial charge on any atom is -0.497 e. The molecule has 25 heavy (non-hydrogen) atoms. The number of nitrogens with one attached hydrogen (secondary N) is 2. The van der Waals surface area contributed by atoms with Crippen LogP contribution in [-0.2, 0) is 0 Å². The highest BCUT2D eigenvalue weighted by Crippen LogP contribution is 2.20. The average molecular weight is 346 g/mol. The summed E-state index contributed by atoms with van der Waals surface area (Å²) in [5.74, 6) is 0.386. The predicted molar refractivity (Wildman–Crippen MR) is 93.9 cm³/mol. The van der Waals surface area contributed by atoms with Crippen molar-refractivity contribution in [3.63, 3.8) is 0 Å². The van der Waals surface area contributed by atoms with Gasteiger partial charge in [0.05, 0.1) is 19.3 Å². The zero-order valence-corrected chi connectivity index (χ0v) is 14.3. The molecule has 3 N–H and O–H groups in total. The third-order valence-electron chi connectivity index (χ3n) is 3.94. The van der Waals surface area contributed by atoms with Crippen LogP contribution >= 0.6 is 0 Å². The van der Waals surface area contributed by atoms with Crippen molar-refractivity contribution in [2.24, 2.45) is 0 Å². The van der Waals surface area contributed by atoms with Gasteiger partial charge in [-0.05, 0) is 41.8 Å². The molecule has 0 aliphatic carbocycles. The van der Waals surface area contributed by atoms with Gasteiger partial charge in [0, 0.05) is 6.54 Å². The van der Waals surface area contributed by atoms with Crippen LogP contribution in [0, 0.1) is 5.82 Å². The van der Waals surface area contributed by atoms with Crippen molar-refractivity contribution >= 4 is 6.03 Å². The smallest absolute Gasteiger partial charge is 0.315 e. The molecule has 0 saturated heterocycles. The van der Waals surface area contributed by atoms with E-state index >= 15 is 0 Å². The minimum absolute atomic E-state index is 0.0382. The molecule has 0 bridgehead atoms. The van der Waals surface area contributed by atoms with Crippen LogP contribution in [0.4, 0.5) is 9.18 Å². The molecule has 0 aromatic heterocycles. The lowest BCUT2D eigenvalue weighted by Gasteiger charge is -2.19. The predicted octanol–water partition coefficient (Wildman–Crippen LogP) is 3.32. The molecule has 134 valence electrons. The highest BCUT2D eigenvalue weighted by atomic mass is 19.1. The van der Waals surface area contributed by atoms with Gasteiger partial charge in [-0.25, -0.2) is 9.18 Å². The zero-order valence-electron chi connectivity index (χ0n) is 14.3. The molecule has 0 spiro atoms. The molecule has 6 heteroatoms. The van der Waals surface area contributed by atoms with Crippen molar-refractivity contribution in [3.05, 3.63) is 65.5 Å². The largest absolute Gasteiger partial charge is 0.497 e. The van der Waals surface area contributed by atoms with Crippen molar-refractivity contribution in [2.45, 2.75) is 25.5 Å². The summed E-state index contributed by atoms with van der Waals surface area (Å²) in [7, 11) is 1.60. The molecule has 5 nitrogen and oxygen atoms in total. The van der Waals surface area contributed by atoms with Crippen molar-refractivity contribution in [2.75, 3.05) is 13.7 Å². The maximum Gasteiger partial charge on any atom is 0.315 e. The maximum absolute atomic E-state index is 12.9. The fraction of sp³-hybridized carbons (Fsp3) is 0.316. The number of rotatable bonds is 7. The fourth-order valence-electron chi connectivity index (χ4n) is 2.46. The third kappa shape index (κ3) is 5.46. The standard InChI is InChI=1S/C19H23FN2O3/c1-3-17(13-6-10-16(25-2)11-7-13)22-19(24)21-12-18(23)14-4-8-15(20)9-5-14/h4-11,17-18,23H,3,12H2,1-2H3,(H2,21,22,24)/t17-,18+/m0/s1. The molecular formula is C19H23FN2O3. The van der Waals surface area contributed by atoms with E-state index in [0.29, 0.717) is 5.56 Å². The van der Waals surface area contributed by atoms with Crippen molar-refractivity contribution in [1.29, 1.82) is 0 Å². The molecule has 0 aliphatic rings. The lowest BCUT2D eigenvalue weighted by Crippen LogP contribution is -2.39. The molecule has 0 aliphatic heterocycles. The zero-order chi connectivity index (χ0) is 18.2. The van der Waals surface area contributed by atoms with Crippen molar-refractivity contribution in [3.8, 4) is 5.75 Å². The van der Waals surface area contributed by atoms with Gasteiger partial charge in [0.1, 0.15) is 11.6 Å². The van der Waals surface area contributed by atoms with Crippen LogP contribution in [0.3, 0.4) is 0 Å². The number of benzene rings is 2. The average Bonchev–Trinajstić information content (AvgIpc) is 2.65. The van der Waals surface area contributed by atoms with E-state index in [4.69, 9.17) is 4.74 Å². The van der Waals surface area contributed by atoms with Crippen molar-refractivity contribution < 1.29 is 19.0 Å². The molecule has 0 heterocycles. The van der Waals surface area contributed by atoms with E-state index in [1.54, 1.807) is 7.11 Å². The highest BCUT2D eigenvalue weighted by molar-refractivity contribution is 5.74. The Morgan fingerprint density at radius 2 is 1.72 bits per heavy atom. The summed E-state index contributed by atoms with van der Waals surface area (Å²) in [4.78, 5) is 12.1. The summed E-state index contributed by atoms with van der Waals surface area (Å²) in [6.07, 6.45) is -0.173. The van der Waals surface area contributed by atoms with Crippen LogP contribution in [0.2, 0.25) is 0 Å². The first kappa shape index (κ1) is 18.7. The van der Waals surface area contributed by atoms with Gasteiger partial charge >= 0.3 is 6.03 Å². The molecule has 0 unspecified atom stereocenters. The lowest BCUT2D eigenvalue weighted by molar-refractivity contribution is 0.172. The maximum atomic E-state index is 12.9. The number of ether oxygens (including phenoxy) is 1. The van der Waals surface area contributed by atoms with Crippen LogP contribution in [0.25, 0.3) is 0 Å². The van der Waals surface area contributed by atoms with Gasteiger partial charge in [0.25, 0.3) is 0 Å². The van der Waals surface area contributed by atoms with E-state index in [1.165, 1.54) is 24.3 Å². The fourth-order valence-corrected chi connectivity index (χ4v) is 2.46. The molecule has 0 radical (unpaired) electrons. The van der Waals surface area contributed by atoms with E-state index in [2.05, 4.69) is 10.6 Å². The molecular weight excluding hydrogens is 323 g/mol. The first-order valence-corrected chi connectivity index (χ1v) is 8.15. The Bertz CT molecular complexity index is 674. The Balaban J connectivity index is 1.87. The minimum atomic E-state index is -0.896. The molecule has 2 amide bonds. The van der Waals surface area contributed by atoms with E-state index < -0.39 is 6.10 Å². The number of carbonyl (C=O) groups is 1. The summed E-state index contributed by atoms with van der Waals surface area (Å²) in [6, 6.07) is 12.5. The summed E-state index contributed by atoms with van der Waals surface area (Å²) in [6.45, 7) is 2.01. The van der Waals surface area contributed by atoms with E-state index in [1.807, 2.05) is 31.2 Å². The Labute approximate surface area is 146 Å². The molecule has 2 aromatic carbocycles. The summed E-state index contributed by atoms with van der Waals surface area (Å²) in [5.41, 5.74) is 1.52. The van der Waals surface area contributed by atoms with Crippen molar-refractivity contribution in [1.82, 2.24) is 10.6 Å². The van der Waals surface area contributed by atoms with Gasteiger partial charge in [0.2, 0.25) is 0 Å². The highest BCUT2D eigenvalue weighted by Gasteiger charge is 2.14. The second kappa shape index (κ2) is 9.03. The molecule has 2 rings (SSSR count). The molecule has 0 saturated carbocycles. The van der Waals surface area contributed by atoms with Gasteiger partial charge in [-0.15, -0.1) is 0 Å². The molecule has 2 atom stereocenters. The van der Waals surface area contributed by atoms with Gasteiger partial charge in [-0.2, -0.15) is 0 Å². The first-order chi connectivity index (χ1) is 12.0. The van der Waals surface area contributed by atoms with Gasteiger partial charge < -0.3 is 20.5 Å². The number of methoxy groups -OCH3 is 1. The van der Waals surface area contributed by atoms with E-state index in [0.717, 1.165) is 17.7 Å². The number of aliphatic hydroxyl groups is 1. The van der Waals surface area contributed by atoms with E-state index in [9.17, 15) is 14.3 Å². The number of halogens is 1. The SMILES string of the molecule is CC[C@H](NC(=O)NC[C@@H](O)c1ccc(F)cc1)c1ccc(OC)cc1. The Morgan fingerprint density at radius 1 is 1.12 bits per heavy atom. The van der Waals surface area contributed by atoms with Crippen LogP contribution in [-0.4, -0.2) is 24.8 Å². The van der Waals surface area contributed by atoms with Crippen LogP contribution in [0.15, 0.2) is 48.5 Å². The summed E-state index contributed by atoms with van der Waals surface area (Å²) in [5, 5.41) is 15.6. The monoisotopic (exact) mass is 346 g/mol. The number of carbonyl (C=O) groups excluding carboxylic acids is 1. The number of hydrogen-bond donors (Lipinski definition) is 3. The Kier molecular flexibility index (Phi) is 6.77. The quantitative estimate of drug-likeness (QED) is 0.720. The second-order valence-corrected chi connectivity index (χ2v) is 5.66. The van der Waals surface area contributed by atoms with Crippen LogP contribution in [0.1, 0.15) is 36.6 Å². The van der Waals surface area contributed by atoms with Crippen LogP contribution in [0.5, 0.6) is 5.75 Å². The second-order valence-electron chi connectivity index (χ2n) is 5.66. The topological polar surface area (TPSA) is 70.6 Å². The van der Waals surface area contributed by atoms with Crippen LogP contribution < -0.4 is 15.4 Å². The van der Waals surface area contributed by atoms with Gasteiger partial charge in [-0.3, -0.25) is 0 Å². The third-order valence-corrected chi connectivity index (χ3v) is 3.94. The molecule has 0 fully saturated rings. The Hall–Kier alpha value is -2.60. The Morgan fingerprint density at radius 3 is 2.28 bits per heavy atom. The normalized spacial score (nSPS) is 13.0. The van der Waals surface area contributed by atoms with E-state index in [-0.39, 0.29) is 24.4 Å². The number of aliphatic hydroxyl groups excluding tert-OH is 1. The summed E-state index contributed by atoms with van der Waals surface area (Å²) >= 11 is 0. The summed E-state index contributed by atoms with van der Waals surface area (Å²) < 4.78 is 18.0.